The summed E-state index contributed by atoms with van der Waals surface area (Å²) in [4.78, 5) is 37.2. The maximum atomic E-state index is 12.8. The van der Waals surface area contributed by atoms with Gasteiger partial charge in [-0.15, -0.1) is 0 Å². The fourth-order valence-electron chi connectivity index (χ4n) is 6.23. The summed E-state index contributed by atoms with van der Waals surface area (Å²) in [5.74, 6) is -2.10. The smallest absolute Gasteiger partial charge is 0.361 e. The lowest BCUT2D eigenvalue weighted by Crippen LogP contribution is -2.40. The minimum absolute atomic E-state index is 0.169. The standard InChI is InChI=1S/C58H93NO8/c1-6-8-10-12-14-16-18-20-22-23-24-25-26-27-28-29-30-31-32-33-35-37-39-41-43-45-47-49-56(61)67-54(53-66-58(57(62)63)64-51-50-59(3,4)5)52-65-55(60)48-46-44-42-40-38-36-34-21-19-17-15-13-11-9-7-2/h8,10,14-17,20-22,24-25,27-28,30-31,33-35,39,41,54,58H,6-7,9,11-13,18-19,23,26,29,32,36-38,40,42-53H2,1-5H3/p+1/b10-8-,16-14-,17-15-,22-20-,25-24-,28-27-,31-30-,34-21-,35-33-,41-39-. The van der Waals surface area contributed by atoms with Crippen molar-refractivity contribution >= 4 is 17.9 Å². The number of quaternary nitrogens is 1. The van der Waals surface area contributed by atoms with E-state index in [1.807, 2.05) is 21.1 Å². The molecule has 0 saturated carbocycles. The molecule has 0 heterocycles. The molecule has 67 heavy (non-hydrogen) atoms. The number of rotatable bonds is 45. The zero-order valence-electron chi connectivity index (χ0n) is 42.8. The van der Waals surface area contributed by atoms with Gasteiger partial charge >= 0.3 is 17.9 Å². The summed E-state index contributed by atoms with van der Waals surface area (Å²) in [6, 6.07) is 0. The van der Waals surface area contributed by atoms with Crippen LogP contribution in [0.2, 0.25) is 0 Å². The molecule has 378 valence electrons. The fourth-order valence-corrected chi connectivity index (χ4v) is 6.23. The Morgan fingerprint density at radius 2 is 0.851 bits per heavy atom. The molecule has 0 saturated heterocycles. The Labute approximate surface area is 408 Å². The molecule has 2 atom stereocenters. The first kappa shape index (κ1) is 62.7. The van der Waals surface area contributed by atoms with Crippen molar-refractivity contribution in [2.24, 2.45) is 0 Å². The van der Waals surface area contributed by atoms with E-state index in [0.717, 1.165) is 103 Å². The fraction of sp³-hybridized carbons (Fsp3) is 0.603. The van der Waals surface area contributed by atoms with E-state index in [1.54, 1.807) is 0 Å². The maximum Gasteiger partial charge on any atom is 0.361 e. The summed E-state index contributed by atoms with van der Waals surface area (Å²) < 4.78 is 22.7. The Morgan fingerprint density at radius 3 is 1.30 bits per heavy atom. The van der Waals surface area contributed by atoms with Gasteiger partial charge in [0.25, 0.3) is 6.29 Å². The van der Waals surface area contributed by atoms with Crippen LogP contribution in [-0.2, 0) is 33.3 Å². The van der Waals surface area contributed by atoms with Gasteiger partial charge in [0.1, 0.15) is 13.2 Å². The van der Waals surface area contributed by atoms with Crippen LogP contribution in [0.4, 0.5) is 0 Å². The Hall–Kier alpha value is -4.31. The zero-order valence-corrected chi connectivity index (χ0v) is 42.8. The van der Waals surface area contributed by atoms with Gasteiger partial charge in [0.05, 0.1) is 34.4 Å². The van der Waals surface area contributed by atoms with Crippen LogP contribution in [0.15, 0.2) is 122 Å². The van der Waals surface area contributed by atoms with Crippen molar-refractivity contribution in [3.63, 3.8) is 0 Å². The molecule has 0 radical (unpaired) electrons. The Kier molecular flexibility index (Phi) is 45.1. The highest BCUT2D eigenvalue weighted by atomic mass is 16.7. The van der Waals surface area contributed by atoms with Crippen LogP contribution in [0.1, 0.15) is 168 Å². The number of unbranched alkanes of at least 4 members (excludes halogenated alkanes) is 10. The van der Waals surface area contributed by atoms with Crippen molar-refractivity contribution in [3.8, 4) is 0 Å². The SMILES string of the molecule is CC/C=C\C/C=C\C/C=C\C/C=C\C/C=C\C/C=C\C/C=C\C/C=C\CCCCC(=O)OC(COC(=O)CCCCCCC/C=C\C/C=C\CCCCC)COC(OCC[N+](C)(C)C)C(=O)O. The first-order chi connectivity index (χ1) is 32.6. The normalized spacial score (nSPS) is 13.9. The van der Waals surface area contributed by atoms with Gasteiger partial charge < -0.3 is 28.5 Å². The highest BCUT2D eigenvalue weighted by Crippen LogP contribution is 2.11. The monoisotopic (exact) mass is 933 g/mol. The van der Waals surface area contributed by atoms with Gasteiger partial charge in [-0.2, -0.15) is 0 Å². The second kappa shape index (κ2) is 48.2. The predicted molar refractivity (Wildman–Crippen MR) is 281 cm³/mol. The molecule has 0 aliphatic rings. The number of aliphatic carboxylic acids is 1. The third-order valence-corrected chi connectivity index (χ3v) is 10.2. The largest absolute Gasteiger partial charge is 0.477 e. The van der Waals surface area contributed by atoms with Crippen molar-refractivity contribution in [2.45, 2.75) is 180 Å². The van der Waals surface area contributed by atoms with Crippen LogP contribution in [0.5, 0.6) is 0 Å². The third-order valence-electron chi connectivity index (χ3n) is 10.2. The lowest BCUT2D eigenvalue weighted by atomic mass is 10.1. The van der Waals surface area contributed by atoms with Gasteiger partial charge in [-0.3, -0.25) is 9.59 Å². The first-order valence-electron chi connectivity index (χ1n) is 25.7. The number of allylic oxidation sites excluding steroid dienone is 20. The van der Waals surface area contributed by atoms with Gasteiger partial charge in [-0.05, 0) is 109 Å². The molecule has 2 unspecified atom stereocenters. The zero-order chi connectivity index (χ0) is 49.2. The van der Waals surface area contributed by atoms with Crippen LogP contribution < -0.4 is 0 Å². The number of nitrogens with zero attached hydrogens (tertiary/aromatic N) is 1. The topological polar surface area (TPSA) is 108 Å². The van der Waals surface area contributed by atoms with E-state index in [4.69, 9.17) is 18.9 Å². The lowest BCUT2D eigenvalue weighted by molar-refractivity contribution is -0.870. The molecule has 0 aromatic carbocycles. The molecule has 0 aromatic heterocycles. The molecule has 0 rings (SSSR count). The van der Waals surface area contributed by atoms with Gasteiger partial charge in [0.2, 0.25) is 0 Å². The molecule has 0 bridgehead atoms. The van der Waals surface area contributed by atoms with Crippen molar-refractivity contribution in [2.75, 3.05) is 47.5 Å². The third kappa shape index (κ3) is 49.4. The maximum absolute atomic E-state index is 12.8. The van der Waals surface area contributed by atoms with E-state index in [2.05, 4.69) is 135 Å². The summed E-state index contributed by atoms with van der Waals surface area (Å²) in [7, 11) is 5.93. The molecule has 1 N–H and O–H groups in total. The lowest BCUT2D eigenvalue weighted by Gasteiger charge is -2.25. The summed E-state index contributed by atoms with van der Waals surface area (Å²) in [5, 5.41) is 9.67. The molecule has 0 aliphatic heterocycles. The average molecular weight is 933 g/mol. The molecular formula is C58H94NO8+. The summed E-state index contributed by atoms with van der Waals surface area (Å²) >= 11 is 0. The number of likely N-dealkylation sites (N-methyl/N-ethyl adjacent to an activating group) is 1. The van der Waals surface area contributed by atoms with E-state index < -0.39 is 24.3 Å². The summed E-state index contributed by atoms with van der Waals surface area (Å²) in [6.07, 6.45) is 64.1. The Morgan fingerprint density at radius 1 is 0.463 bits per heavy atom. The van der Waals surface area contributed by atoms with Crippen LogP contribution in [0.25, 0.3) is 0 Å². The molecule has 0 spiro atoms. The van der Waals surface area contributed by atoms with E-state index in [0.29, 0.717) is 23.9 Å². The van der Waals surface area contributed by atoms with Crippen molar-refractivity contribution in [1.29, 1.82) is 0 Å². The molecule has 0 fully saturated rings. The minimum atomic E-state index is -1.53. The Bertz CT molecular complexity index is 1510. The van der Waals surface area contributed by atoms with Gasteiger partial charge in [0.15, 0.2) is 6.10 Å². The molecule has 0 aromatic rings. The van der Waals surface area contributed by atoms with Crippen LogP contribution >= 0.6 is 0 Å². The van der Waals surface area contributed by atoms with E-state index in [-0.39, 0.29) is 38.6 Å². The van der Waals surface area contributed by atoms with E-state index in [1.165, 1.54) is 25.7 Å². The second-order valence-corrected chi connectivity index (χ2v) is 17.7. The quantitative estimate of drug-likeness (QED) is 0.0211. The number of ether oxygens (including phenoxy) is 4. The van der Waals surface area contributed by atoms with Gasteiger partial charge in [-0.25, -0.2) is 4.79 Å². The van der Waals surface area contributed by atoms with Crippen LogP contribution in [0, 0.1) is 0 Å². The number of carboxylic acid groups (broad SMARTS) is 1. The predicted octanol–water partition coefficient (Wildman–Crippen LogP) is 14.6. The second-order valence-electron chi connectivity index (χ2n) is 17.7. The molecule has 9 nitrogen and oxygen atoms in total. The number of carboxylic acids is 1. The minimum Gasteiger partial charge on any atom is -0.477 e. The van der Waals surface area contributed by atoms with Crippen molar-refractivity contribution < 1.29 is 42.9 Å². The summed E-state index contributed by atoms with van der Waals surface area (Å²) in [6.45, 7) is 4.63. The van der Waals surface area contributed by atoms with E-state index in [9.17, 15) is 19.5 Å². The number of hydrogen-bond acceptors (Lipinski definition) is 7. The highest BCUT2D eigenvalue weighted by Gasteiger charge is 2.25. The van der Waals surface area contributed by atoms with Crippen molar-refractivity contribution in [1.82, 2.24) is 0 Å². The Balaban J connectivity index is 4.48. The van der Waals surface area contributed by atoms with Crippen molar-refractivity contribution in [3.05, 3.63) is 122 Å². The summed E-state index contributed by atoms with van der Waals surface area (Å²) in [5.41, 5.74) is 0. The number of esters is 2. The number of carbonyl (C=O) groups is 3. The van der Waals surface area contributed by atoms with Gasteiger partial charge in [0, 0.05) is 12.8 Å². The highest BCUT2D eigenvalue weighted by molar-refractivity contribution is 5.71. The first-order valence-corrected chi connectivity index (χ1v) is 25.7. The van der Waals surface area contributed by atoms with E-state index >= 15 is 0 Å². The van der Waals surface area contributed by atoms with Crippen LogP contribution in [0.3, 0.4) is 0 Å². The molecule has 9 heteroatoms. The molecule has 0 aliphatic carbocycles. The number of hydrogen-bond donors (Lipinski definition) is 1. The van der Waals surface area contributed by atoms with Gasteiger partial charge in [-0.1, -0.05) is 167 Å². The molecular weight excluding hydrogens is 839 g/mol. The molecule has 0 amide bonds. The van der Waals surface area contributed by atoms with Crippen LogP contribution in [-0.4, -0.2) is 87.4 Å². The number of carbonyl (C=O) groups excluding carboxylic acids is 2. The average Bonchev–Trinajstić information content (AvgIpc) is 3.29.